The van der Waals surface area contributed by atoms with E-state index in [-0.39, 0.29) is 5.75 Å². The van der Waals surface area contributed by atoms with E-state index in [0.717, 1.165) is 27.0 Å². The molecular weight excluding hydrogens is 342 g/mol. The van der Waals surface area contributed by atoms with Crippen molar-refractivity contribution in [2.45, 2.75) is 13.5 Å². The monoisotopic (exact) mass is 355 g/mol. The summed E-state index contributed by atoms with van der Waals surface area (Å²) in [5.74, 6) is 0.967. The standard InChI is InChI=1S/C15H15BrClNO2/c1-9-5-11(16)7-14(20-2)15(9)18-8-10-6-12(17)3-4-13(10)19/h3-7,18-19H,8H2,1-2H3. The average Bonchev–Trinajstić information content (AvgIpc) is 2.40. The molecular formula is C15H15BrClNO2. The minimum absolute atomic E-state index is 0.218. The van der Waals surface area contributed by atoms with E-state index in [2.05, 4.69) is 21.2 Å². The Bertz CT molecular complexity index is 632. The molecule has 0 aliphatic rings. The third kappa shape index (κ3) is 3.38. The number of phenolic OH excluding ortho intramolecular Hbond substituents is 1. The van der Waals surface area contributed by atoms with Crippen molar-refractivity contribution in [1.82, 2.24) is 0 Å². The number of hydrogen-bond acceptors (Lipinski definition) is 3. The van der Waals surface area contributed by atoms with E-state index >= 15 is 0 Å². The molecule has 2 N–H and O–H groups in total. The number of rotatable bonds is 4. The van der Waals surface area contributed by atoms with Crippen LogP contribution in [0.4, 0.5) is 5.69 Å². The Kier molecular flexibility index (Phi) is 4.78. The molecule has 0 aliphatic carbocycles. The SMILES string of the molecule is COc1cc(Br)cc(C)c1NCc1cc(Cl)ccc1O. The molecule has 3 nitrogen and oxygen atoms in total. The molecule has 2 rings (SSSR count). The van der Waals surface area contributed by atoms with Gasteiger partial charge < -0.3 is 15.2 Å². The number of ether oxygens (including phenoxy) is 1. The van der Waals surface area contributed by atoms with Gasteiger partial charge in [-0.2, -0.15) is 0 Å². The van der Waals surface area contributed by atoms with Crippen LogP contribution in [0.15, 0.2) is 34.8 Å². The van der Waals surface area contributed by atoms with Gasteiger partial charge in [-0.1, -0.05) is 27.5 Å². The van der Waals surface area contributed by atoms with Gasteiger partial charge in [-0.25, -0.2) is 0 Å². The van der Waals surface area contributed by atoms with Gasteiger partial charge in [-0.3, -0.25) is 0 Å². The number of aryl methyl sites for hydroxylation is 1. The second-order valence-corrected chi connectivity index (χ2v) is 5.78. The summed E-state index contributed by atoms with van der Waals surface area (Å²) in [4.78, 5) is 0. The van der Waals surface area contributed by atoms with Gasteiger partial charge >= 0.3 is 0 Å². The van der Waals surface area contributed by atoms with Gasteiger partial charge in [0.15, 0.2) is 0 Å². The molecule has 0 heterocycles. The zero-order valence-electron chi connectivity index (χ0n) is 11.2. The Morgan fingerprint density at radius 2 is 2.05 bits per heavy atom. The maximum atomic E-state index is 9.82. The smallest absolute Gasteiger partial charge is 0.143 e. The average molecular weight is 357 g/mol. The molecule has 0 saturated heterocycles. The largest absolute Gasteiger partial charge is 0.508 e. The number of phenols is 1. The number of hydrogen-bond donors (Lipinski definition) is 2. The van der Waals surface area contributed by atoms with Crippen LogP contribution >= 0.6 is 27.5 Å². The van der Waals surface area contributed by atoms with Crippen LogP contribution in [0.2, 0.25) is 5.02 Å². The van der Waals surface area contributed by atoms with Crippen molar-refractivity contribution in [2.75, 3.05) is 12.4 Å². The second kappa shape index (κ2) is 6.37. The minimum atomic E-state index is 0.218. The van der Waals surface area contributed by atoms with Crippen LogP contribution in [0.3, 0.4) is 0 Å². The van der Waals surface area contributed by atoms with Gasteiger partial charge in [0.25, 0.3) is 0 Å². The first-order valence-corrected chi connectivity index (χ1v) is 7.23. The van der Waals surface area contributed by atoms with Crippen molar-refractivity contribution < 1.29 is 9.84 Å². The number of halogens is 2. The Morgan fingerprint density at radius 1 is 1.30 bits per heavy atom. The first-order chi connectivity index (χ1) is 9.51. The number of aromatic hydroxyl groups is 1. The van der Waals surface area contributed by atoms with Crippen LogP contribution in [0, 0.1) is 6.92 Å². The summed E-state index contributed by atoms with van der Waals surface area (Å²) in [5, 5.41) is 13.7. The molecule has 0 aromatic heterocycles. The normalized spacial score (nSPS) is 10.4. The highest BCUT2D eigenvalue weighted by Crippen LogP contribution is 2.33. The van der Waals surface area contributed by atoms with E-state index in [1.807, 2.05) is 19.1 Å². The molecule has 106 valence electrons. The summed E-state index contributed by atoms with van der Waals surface area (Å²) >= 11 is 9.38. The lowest BCUT2D eigenvalue weighted by atomic mass is 10.1. The lowest BCUT2D eigenvalue weighted by molar-refractivity contribution is 0.415. The quantitative estimate of drug-likeness (QED) is 0.831. The fraction of sp³-hybridized carbons (Fsp3) is 0.200. The summed E-state index contributed by atoms with van der Waals surface area (Å²) in [6, 6.07) is 8.89. The van der Waals surface area contributed by atoms with Crippen LogP contribution in [0.1, 0.15) is 11.1 Å². The fourth-order valence-corrected chi connectivity index (χ4v) is 2.73. The van der Waals surface area contributed by atoms with Crippen LogP contribution in [-0.4, -0.2) is 12.2 Å². The summed E-state index contributed by atoms with van der Waals surface area (Å²) < 4.78 is 6.33. The number of methoxy groups -OCH3 is 1. The lowest BCUT2D eigenvalue weighted by Crippen LogP contribution is -2.03. The topological polar surface area (TPSA) is 41.5 Å². The van der Waals surface area contributed by atoms with Crippen molar-refractivity contribution >= 4 is 33.2 Å². The first-order valence-electron chi connectivity index (χ1n) is 6.06. The van der Waals surface area contributed by atoms with Crippen molar-refractivity contribution in [1.29, 1.82) is 0 Å². The Morgan fingerprint density at radius 3 is 2.75 bits per heavy atom. The molecule has 0 bridgehead atoms. The van der Waals surface area contributed by atoms with Crippen molar-refractivity contribution in [3.05, 3.63) is 51.0 Å². The van der Waals surface area contributed by atoms with Crippen LogP contribution in [-0.2, 0) is 6.54 Å². The predicted octanol–water partition coefficient (Wildman–Crippen LogP) is 4.74. The summed E-state index contributed by atoms with van der Waals surface area (Å²) in [6.45, 7) is 2.46. The molecule has 0 radical (unpaired) electrons. The zero-order valence-corrected chi connectivity index (χ0v) is 13.5. The van der Waals surface area contributed by atoms with E-state index in [0.29, 0.717) is 11.6 Å². The van der Waals surface area contributed by atoms with Crippen molar-refractivity contribution in [3.8, 4) is 11.5 Å². The second-order valence-electron chi connectivity index (χ2n) is 4.43. The van der Waals surface area contributed by atoms with Crippen LogP contribution in [0.25, 0.3) is 0 Å². The number of benzene rings is 2. The Labute approximate surface area is 131 Å². The molecule has 0 amide bonds. The van der Waals surface area contributed by atoms with E-state index in [1.165, 1.54) is 0 Å². The van der Waals surface area contributed by atoms with Gasteiger partial charge in [0, 0.05) is 21.6 Å². The maximum Gasteiger partial charge on any atom is 0.143 e. The van der Waals surface area contributed by atoms with Gasteiger partial charge in [-0.05, 0) is 42.8 Å². The zero-order chi connectivity index (χ0) is 14.7. The number of anilines is 1. The third-order valence-corrected chi connectivity index (χ3v) is 3.67. The van der Waals surface area contributed by atoms with E-state index in [4.69, 9.17) is 16.3 Å². The predicted molar refractivity (Wildman–Crippen MR) is 85.9 cm³/mol. The molecule has 5 heteroatoms. The third-order valence-electron chi connectivity index (χ3n) is 2.98. The molecule has 0 fully saturated rings. The Hall–Kier alpha value is -1.39. The minimum Gasteiger partial charge on any atom is -0.508 e. The van der Waals surface area contributed by atoms with Gasteiger partial charge in [-0.15, -0.1) is 0 Å². The molecule has 0 spiro atoms. The summed E-state index contributed by atoms with van der Waals surface area (Å²) in [6.07, 6.45) is 0. The highest BCUT2D eigenvalue weighted by atomic mass is 79.9. The first kappa shape index (κ1) is 15.0. The lowest BCUT2D eigenvalue weighted by Gasteiger charge is -2.15. The van der Waals surface area contributed by atoms with E-state index < -0.39 is 0 Å². The molecule has 0 aliphatic heterocycles. The van der Waals surface area contributed by atoms with Crippen molar-refractivity contribution in [2.24, 2.45) is 0 Å². The number of nitrogens with one attached hydrogen (secondary N) is 1. The van der Waals surface area contributed by atoms with Crippen molar-refractivity contribution in [3.63, 3.8) is 0 Å². The molecule has 0 saturated carbocycles. The fourth-order valence-electron chi connectivity index (χ4n) is 1.98. The van der Waals surface area contributed by atoms with Crippen LogP contribution < -0.4 is 10.1 Å². The van der Waals surface area contributed by atoms with Crippen LogP contribution in [0.5, 0.6) is 11.5 Å². The molecule has 0 atom stereocenters. The molecule has 2 aromatic carbocycles. The van der Waals surface area contributed by atoms with Gasteiger partial charge in [0.2, 0.25) is 0 Å². The molecule has 2 aromatic rings. The Balaban J connectivity index is 2.25. The van der Waals surface area contributed by atoms with Gasteiger partial charge in [0.1, 0.15) is 11.5 Å². The summed E-state index contributed by atoms with van der Waals surface area (Å²) in [5.41, 5.74) is 2.69. The molecule has 20 heavy (non-hydrogen) atoms. The maximum absolute atomic E-state index is 9.82. The molecule has 0 unspecified atom stereocenters. The van der Waals surface area contributed by atoms with Gasteiger partial charge in [0.05, 0.1) is 12.8 Å². The van der Waals surface area contributed by atoms with E-state index in [1.54, 1.807) is 25.3 Å². The summed E-state index contributed by atoms with van der Waals surface area (Å²) in [7, 11) is 1.63. The highest BCUT2D eigenvalue weighted by molar-refractivity contribution is 9.10. The highest BCUT2D eigenvalue weighted by Gasteiger charge is 2.09. The van der Waals surface area contributed by atoms with E-state index in [9.17, 15) is 5.11 Å².